The van der Waals surface area contributed by atoms with E-state index in [4.69, 9.17) is 0 Å². The Labute approximate surface area is 120 Å². The first-order valence-corrected chi connectivity index (χ1v) is 8.45. The summed E-state index contributed by atoms with van der Waals surface area (Å²) in [6.45, 7) is 5.78. The molecule has 0 saturated heterocycles. The maximum absolute atomic E-state index is 2.45. The van der Waals surface area contributed by atoms with Crippen LogP contribution < -0.4 is 0 Å². The van der Waals surface area contributed by atoms with Crippen LogP contribution in [0.3, 0.4) is 0 Å². The Kier molecular flexibility index (Phi) is 9.57. The minimum Gasteiger partial charge on any atom is -0.371 e. The van der Waals surface area contributed by atoms with Crippen LogP contribution in [-0.2, 0) is 0 Å². The summed E-state index contributed by atoms with van der Waals surface area (Å²) in [6.07, 6.45) is 23.0. The number of hydrogen-bond acceptors (Lipinski definition) is 1. The van der Waals surface area contributed by atoms with Crippen LogP contribution in [0.1, 0.15) is 78.1 Å². The van der Waals surface area contributed by atoms with E-state index in [1.807, 2.05) is 0 Å². The van der Waals surface area contributed by atoms with Crippen molar-refractivity contribution in [1.82, 2.24) is 4.90 Å². The van der Waals surface area contributed by atoms with Crippen LogP contribution >= 0.6 is 0 Å². The quantitative estimate of drug-likeness (QED) is 0.433. The van der Waals surface area contributed by atoms with Crippen molar-refractivity contribution in [3.8, 4) is 0 Å². The van der Waals surface area contributed by atoms with E-state index in [1.54, 1.807) is 0 Å². The van der Waals surface area contributed by atoms with E-state index in [0.29, 0.717) is 6.04 Å². The molecule has 0 fully saturated rings. The van der Waals surface area contributed by atoms with Gasteiger partial charge in [0.15, 0.2) is 0 Å². The fourth-order valence-corrected chi connectivity index (χ4v) is 2.69. The van der Waals surface area contributed by atoms with Gasteiger partial charge in [0.1, 0.15) is 0 Å². The SMILES string of the molecule is CCCCCCCCCCCCN1C=CC=CC1C. The van der Waals surface area contributed by atoms with Gasteiger partial charge in [-0.3, -0.25) is 0 Å². The zero-order valence-corrected chi connectivity index (χ0v) is 13.1. The second-order valence-electron chi connectivity index (χ2n) is 5.89. The van der Waals surface area contributed by atoms with Crippen LogP contribution in [0.15, 0.2) is 24.4 Å². The highest BCUT2D eigenvalue weighted by Crippen LogP contribution is 2.13. The third kappa shape index (κ3) is 8.13. The molecule has 0 saturated carbocycles. The van der Waals surface area contributed by atoms with Gasteiger partial charge in [0.25, 0.3) is 0 Å². The molecule has 1 aliphatic rings. The highest BCUT2D eigenvalue weighted by Gasteiger charge is 2.07. The maximum Gasteiger partial charge on any atom is 0.0442 e. The van der Waals surface area contributed by atoms with Crippen molar-refractivity contribution in [1.29, 1.82) is 0 Å². The van der Waals surface area contributed by atoms with E-state index >= 15 is 0 Å². The fraction of sp³-hybridized carbons (Fsp3) is 0.778. The van der Waals surface area contributed by atoms with Crippen molar-refractivity contribution in [2.45, 2.75) is 84.1 Å². The zero-order valence-electron chi connectivity index (χ0n) is 13.1. The Morgan fingerprint density at radius 2 is 1.37 bits per heavy atom. The predicted molar refractivity (Wildman–Crippen MR) is 86.3 cm³/mol. The molecule has 0 aliphatic carbocycles. The summed E-state index contributed by atoms with van der Waals surface area (Å²) in [4.78, 5) is 2.45. The van der Waals surface area contributed by atoms with E-state index in [9.17, 15) is 0 Å². The molecule has 1 unspecified atom stereocenters. The standard InChI is InChI=1S/C18H33N/c1-3-4-5-6-7-8-9-10-11-13-16-19-17-14-12-15-18(19)2/h12,14-15,17-18H,3-11,13,16H2,1-2H3. The van der Waals surface area contributed by atoms with Gasteiger partial charge in [-0.1, -0.05) is 76.9 Å². The normalized spacial score (nSPS) is 18.2. The minimum absolute atomic E-state index is 0.587. The lowest BCUT2D eigenvalue weighted by Gasteiger charge is -2.27. The number of unbranched alkanes of at least 4 members (excludes halogenated alkanes) is 9. The highest BCUT2D eigenvalue weighted by molar-refractivity contribution is 5.11. The maximum atomic E-state index is 2.45. The lowest BCUT2D eigenvalue weighted by atomic mass is 10.1. The summed E-state index contributed by atoms with van der Waals surface area (Å²) in [7, 11) is 0. The van der Waals surface area contributed by atoms with Crippen LogP contribution in [-0.4, -0.2) is 17.5 Å². The third-order valence-corrected chi connectivity index (χ3v) is 4.07. The van der Waals surface area contributed by atoms with Crippen LogP contribution in [0, 0.1) is 0 Å². The van der Waals surface area contributed by atoms with Gasteiger partial charge in [0.2, 0.25) is 0 Å². The zero-order chi connectivity index (χ0) is 13.8. The van der Waals surface area contributed by atoms with Gasteiger partial charge in [-0.2, -0.15) is 0 Å². The van der Waals surface area contributed by atoms with Crippen LogP contribution in [0.4, 0.5) is 0 Å². The number of nitrogens with zero attached hydrogens (tertiary/aromatic N) is 1. The smallest absolute Gasteiger partial charge is 0.0442 e. The monoisotopic (exact) mass is 263 g/mol. The summed E-state index contributed by atoms with van der Waals surface area (Å²) in [6, 6.07) is 0.587. The molecule has 1 nitrogen and oxygen atoms in total. The number of allylic oxidation sites excluding steroid dienone is 2. The first-order chi connectivity index (χ1) is 9.34. The van der Waals surface area contributed by atoms with Gasteiger partial charge < -0.3 is 4.90 Å². The molecule has 110 valence electrons. The molecular weight excluding hydrogens is 230 g/mol. The first kappa shape index (κ1) is 16.3. The van der Waals surface area contributed by atoms with Crippen molar-refractivity contribution in [3.05, 3.63) is 24.4 Å². The summed E-state index contributed by atoms with van der Waals surface area (Å²) in [5.74, 6) is 0. The third-order valence-electron chi connectivity index (χ3n) is 4.07. The van der Waals surface area contributed by atoms with Crippen LogP contribution in [0.5, 0.6) is 0 Å². The lowest BCUT2D eigenvalue weighted by molar-refractivity contribution is 0.322. The molecule has 1 aliphatic heterocycles. The molecule has 0 aromatic rings. The summed E-state index contributed by atoms with van der Waals surface area (Å²) < 4.78 is 0. The Hall–Kier alpha value is -0.720. The number of rotatable bonds is 11. The Bertz CT molecular complexity index is 254. The van der Waals surface area contributed by atoms with Crippen molar-refractivity contribution in [2.75, 3.05) is 6.54 Å². The predicted octanol–water partition coefficient (Wildman–Crippen LogP) is 5.68. The Balaban J connectivity index is 1.83. The molecular formula is C18H33N. The molecule has 0 spiro atoms. The van der Waals surface area contributed by atoms with Crippen molar-refractivity contribution >= 4 is 0 Å². The molecule has 1 heterocycles. The molecule has 1 heteroatoms. The lowest BCUT2D eigenvalue weighted by Crippen LogP contribution is -2.28. The molecule has 0 amide bonds. The van der Waals surface area contributed by atoms with Gasteiger partial charge >= 0.3 is 0 Å². The second-order valence-corrected chi connectivity index (χ2v) is 5.89. The van der Waals surface area contributed by atoms with E-state index in [1.165, 1.54) is 70.8 Å². The fourth-order valence-electron chi connectivity index (χ4n) is 2.69. The van der Waals surface area contributed by atoms with Crippen LogP contribution in [0.25, 0.3) is 0 Å². The number of hydrogen-bond donors (Lipinski definition) is 0. The van der Waals surface area contributed by atoms with Gasteiger partial charge in [-0.15, -0.1) is 0 Å². The minimum atomic E-state index is 0.587. The van der Waals surface area contributed by atoms with E-state index in [0.717, 1.165) is 0 Å². The Morgan fingerprint density at radius 1 is 0.789 bits per heavy atom. The van der Waals surface area contributed by atoms with Crippen LogP contribution in [0.2, 0.25) is 0 Å². The van der Waals surface area contributed by atoms with Gasteiger partial charge in [-0.25, -0.2) is 0 Å². The highest BCUT2D eigenvalue weighted by atomic mass is 15.1. The first-order valence-electron chi connectivity index (χ1n) is 8.45. The van der Waals surface area contributed by atoms with E-state index in [-0.39, 0.29) is 0 Å². The van der Waals surface area contributed by atoms with Gasteiger partial charge in [0.05, 0.1) is 0 Å². The summed E-state index contributed by atoms with van der Waals surface area (Å²) in [5, 5.41) is 0. The topological polar surface area (TPSA) is 3.24 Å². The van der Waals surface area contributed by atoms with E-state index in [2.05, 4.69) is 43.2 Å². The van der Waals surface area contributed by atoms with Gasteiger partial charge in [0, 0.05) is 12.6 Å². The van der Waals surface area contributed by atoms with E-state index < -0.39 is 0 Å². The molecule has 0 aromatic carbocycles. The largest absolute Gasteiger partial charge is 0.371 e. The molecule has 0 N–H and O–H groups in total. The molecule has 0 bridgehead atoms. The molecule has 1 atom stereocenters. The molecule has 0 aromatic heterocycles. The second kappa shape index (κ2) is 11.1. The van der Waals surface area contributed by atoms with Gasteiger partial charge in [-0.05, 0) is 25.6 Å². The van der Waals surface area contributed by atoms with Crippen molar-refractivity contribution in [3.63, 3.8) is 0 Å². The average Bonchev–Trinajstić information content (AvgIpc) is 2.43. The summed E-state index contributed by atoms with van der Waals surface area (Å²) >= 11 is 0. The average molecular weight is 263 g/mol. The van der Waals surface area contributed by atoms with Crippen molar-refractivity contribution < 1.29 is 0 Å². The molecule has 19 heavy (non-hydrogen) atoms. The molecule has 1 rings (SSSR count). The van der Waals surface area contributed by atoms with Crippen molar-refractivity contribution in [2.24, 2.45) is 0 Å². The Morgan fingerprint density at radius 3 is 1.95 bits per heavy atom. The molecule has 0 radical (unpaired) electrons. The summed E-state index contributed by atoms with van der Waals surface area (Å²) in [5.41, 5.74) is 0.